The fraction of sp³-hybridized carbons (Fsp3) is 0.400. The summed E-state index contributed by atoms with van der Waals surface area (Å²) in [6.07, 6.45) is 1.11. The Morgan fingerprint density at radius 3 is 2.67 bits per heavy atom. The van der Waals surface area contributed by atoms with Gasteiger partial charge in [-0.2, -0.15) is 0 Å². The molecule has 0 saturated carbocycles. The van der Waals surface area contributed by atoms with Crippen LogP contribution in [0.5, 0.6) is 0 Å². The predicted octanol–water partition coefficient (Wildman–Crippen LogP) is -0.0147. The quantitative estimate of drug-likeness (QED) is 0.503. The number of anilines is 1. The van der Waals surface area contributed by atoms with E-state index in [4.69, 9.17) is 18.0 Å². The molecule has 6 nitrogen and oxygen atoms in total. The van der Waals surface area contributed by atoms with Crippen LogP contribution in [0.2, 0.25) is 0 Å². The van der Waals surface area contributed by atoms with E-state index in [1.165, 1.54) is 0 Å². The van der Waals surface area contributed by atoms with Gasteiger partial charge in [-0.25, -0.2) is 18.1 Å². The van der Waals surface area contributed by atoms with E-state index < -0.39 is 10.0 Å². The molecule has 0 aliphatic rings. The fourth-order valence-corrected chi connectivity index (χ4v) is 1.95. The molecule has 18 heavy (non-hydrogen) atoms. The largest absolute Gasteiger partial charge is 0.389 e. The summed E-state index contributed by atoms with van der Waals surface area (Å²) in [4.78, 5) is 4.52. The third-order valence-corrected chi connectivity index (χ3v) is 3.03. The average molecular weight is 288 g/mol. The third-order valence-electron chi connectivity index (χ3n) is 2.08. The molecular formula is C10H16N4O2S2. The van der Waals surface area contributed by atoms with Crippen molar-refractivity contribution in [3.8, 4) is 0 Å². The number of hydrogen-bond acceptors (Lipinski definition) is 5. The lowest BCUT2D eigenvalue weighted by molar-refractivity contribution is 0.589. The normalized spacial score (nSPS) is 11.2. The van der Waals surface area contributed by atoms with Gasteiger partial charge in [-0.1, -0.05) is 12.2 Å². The average Bonchev–Trinajstić information content (AvgIpc) is 2.22. The van der Waals surface area contributed by atoms with Crippen molar-refractivity contribution in [3.63, 3.8) is 0 Å². The van der Waals surface area contributed by atoms with Gasteiger partial charge in [0.2, 0.25) is 10.0 Å². The first kappa shape index (κ1) is 14.8. The van der Waals surface area contributed by atoms with Crippen molar-refractivity contribution in [2.24, 2.45) is 5.73 Å². The lowest BCUT2D eigenvalue weighted by Crippen LogP contribution is -2.28. The Morgan fingerprint density at radius 2 is 2.11 bits per heavy atom. The number of pyridine rings is 1. The summed E-state index contributed by atoms with van der Waals surface area (Å²) in [5, 5.41) is 3.00. The van der Waals surface area contributed by atoms with E-state index in [9.17, 15) is 8.42 Å². The van der Waals surface area contributed by atoms with Crippen molar-refractivity contribution in [3.05, 3.63) is 23.4 Å². The van der Waals surface area contributed by atoms with Crippen molar-refractivity contribution < 1.29 is 8.42 Å². The number of nitrogens with two attached hydrogens (primary N) is 1. The van der Waals surface area contributed by atoms with Crippen molar-refractivity contribution >= 4 is 33.0 Å². The Balaban J connectivity index is 2.66. The van der Waals surface area contributed by atoms with Gasteiger partial charge >= 0.3 is 0 Å². The summed E-state index contributed by atoms with van der Waals surface area (Å²) in [5.74, 6) is 0.567. The van der Waals surface area contributed by atoms with Crippen molar-refractivity contribution in [2.45, 2.75) is 6.92 Å². The zero-order valence-electron chi connectivity index (χ0n) is 10.2. The molecule has 8 heteroatoms. The number of nitrogens with zero attached hydrogens (tertiary/aromatic N) is 1. The number of aromatic nitrogens is 1. The van der Waals surface area contributed by atoms with Gasteiger partial charge in [0.15, 0.2) is 0 Å². The van der Waals surface area contributed by atoms with Crippen molar-refractivity contribution in [1.82, 2.24) is 9.71 Å². The van der Waals surface area contributed by atoms with Crippen LogP contribution >= 0.6 is 12.2 Å². The monoisotopic (exact) mass is 288 g/mol. The molecule has 0 aliphatic heterocycles. The molecule has 0 atom stereocenters. The molecule has 0 aliphatic carbocycles. The van der Waals surface area contributed by atoms with E-state index in [1.807, 2.05) is 13.0 Å². The van der Waals surface area contributed by atoms with E-state index >= 15 is 0 Å². The van der Waals surface area contributed by atoms with Crippen LogP contribution in [0.3, 0.4) is 0 Å². The summed E-state index contributed by atoms with van der Waals surface area (Å²) in [6.45, 7) is 2.52. The molecule has 0 radical (unpaired) electrons. The van der Waals surface area contributed by atoms with Crippen LogP contribution in [0.4, 0.5) is 5.82 Å². The highest BCUT2D eigenvalue weighted by atomic mass is 32.2. The highest BCUT2D eigenvalue weighted by molar-refractivity contribution is 7.88. The number of sulfonamides is 1. The van der Waals surface area contributed by atoms with Gasteiger partial charge in [0.25, 0.3) is 0 Å². The molecule has 1 rings (SSSR count). The smallest absolute Gasteiger partial charge is 0.208 e. The highest BCUT2D eigenvalue weighted by Crippen LogP contribution is 2.12. The van der Waals surface area contributed by atoms with Crippen LogP contribution in [0.25, 0.3) is 0 Å². The van der Waals surface area contributed by atoms with Crippen molar-refractivity contribution in [1.29, 1.82) is 0 Å². The van der Waals surface area contributed by atoms with Gasteiger partial charge in [0.1, 0.15) is 10.8 Å². The van der Waals surface area contributed by atoms with E-state index in [2.05, 4.69) is 15.0 Å². The molecular weight excluding hydrogens is 272 g/mol. The second-order valence-corrected chi connectivity index (χ2v) is 6.08. The molecule has 1 aromatic rings. The highest BCUT2D eigenvalue weighted by Gasteiger charge is 2.07. The van der Waals surface area contributed by atoms with Gasteiger partial charge in [0.05, 0.1) is 11.8 Å². The lowest BCUT2D eigenvalue weighted by Gasteiger charge is -2.11. The molecule has 0 amide bonds. The molecule has 4 N–H and O–H groups in total. The SMILES string of the molecule is Cc1ccc(C(N)=S)c(NCCNS(C)(=O)=O)n1. The molecule has 1 aromatic heterocycles. The van der Waals surface area contributed by atoms with Crippen LogP contribution in [0.1, 0.15) is 11.3 Å². The summed E-state index contributed by atoms with van der Waals surface area (Å²) in [5.41, 5.74) is 7.05. The number of rotatable bonds is 6. The molecule has 0 spiro atoms. The minimum atomic E-state index is -3.17. The van der Waals surface area contributed by atoms with Gasteiger partial charge in [0, 0.05) is 18.8 Å². The first-order valence-electron chi connectivity index (χ1n) is 5.25. The number of aryl methyl sites for hydroxylation is 1. The molecule has 0 aromatic carbocycles. The van der Waals surface area contributed by atoms with E-state index in [0.29, 0.717) is 17.9 Å². The van der Waals surface area contributed by atoms with Crippen LogP contribution < -0.4 is 15.8 Å². The molecule has 0 unspecified atom stereocenters. The number of thiocarbonyl (C=S) groups is 1. The van der Waals surface area contributed by atoms with Crippen LogP contribution in [0, 0.1) is 6.92 Å². The maximum atomic E-state index is 10.9. The van der Waals surface area contributed by atoms with E-state index in [1.54, 1.807) is 6.07 Å². The number of nitrogens with one attached hydrogen (secondary N) is 2. The predicted molar refractivity (Wildman–Crippen MR) is 76.2 cm³/mol. The summed E-state index contributed by atoms with van der Waals surface area (Å²) in [7, 11) is -3.17. The zero-order valence-corrected chi connectivity index (χ0v) is 11.9. The van der Waals surface area contributed by atoms with Crippen molar-refractivity contribution in [2.75, 3.05) is 24.7 Å². The minimum Gasteiger partial charge on any atom is -0.389 e. The molecule has 1 heterocycles. The summed E-state index contributed by atoms with van der Waals surface area (Å²) < 4.78 is 24.1. The van der Waals surface area contributed by atoms with Gasteiger partial charge < -0.3 is 11.1 Å². The van der Waals surface area contributed by atoms with Crippen LogP contribution in [-0.2, 0) is 10.0 Å². The Labute approximate surface area is 112 Å². The first-order valence-corrected chi connectivity index (χ1v) is 7.55. The Kier molecular flexibility index (Phi) is 5.00. The Morgan fingerprint density at radius 1 is 1.44 bits per heavy atom. The molecule has 0 saturated heterocycles. The second kappa shape index (κ2) is 6.07. The van der Waals surface area contributed by atoms with Crippen LogP contribution in [0.15, 0.2) is 12.1 Å². The topological polar surface area (TPSA) is 97.1 Å². The maximum Gasteiger partial charge on any atom is 0.208 e. The first-order chi connectivity index (χ1) is 8.29. The molecule has 100 valence electrons. The fourth-order valence-electron chi connectivity index (χ4n) is 1.31. The van der Waals surface area contributed by atoms with Gasteiger partial charge in [-0.3, -0.25) is 0 Å². The number of hydrogen-bond donors (Lipinski definition) is 3. The maximum absolute atomic E-state index is 10.9. The standard InChI is InChI=1S/C10H16N4O2S2/c1-7-3-4-8(9(11)17)10(14-7)12-5-6-13-18(2,15)16/h3-4,13H,5-6H2,1-2H3,(H2,11,17)(H,12,14). The molecule has 0 fully saturated rings. The van der Waals surface area contributed by atoms with Crippen LogP contribution in [-0.4, -0.2) is 37.7 Å². The van der Waals surface area contributed by atoms with Gasteiger partial charge in [-0.15, -0.1) is 0 Å². The van der Waals surface area contributed by atoms with E-state index in [0.717, 1.165) is 11.9 Å². The Hall–Kier alpha value is -1.25. The molecule has 0 bridgehead atoms. The van der Waals surface area contributed by atoms with Gasteiger partial charge in [-0.05, 0) is 19.1 Å². The lowest BCUT2D eigenvalue weighted by atomic mass is 10.2. The second-order valence-electron chi connectivity index (χ2n) is 3.81. The van der Waals surface area contributed by atoms with E-state index in [-0.39, 0.29) is 11.5 Å². The third kappa shape index (κ3) is 4.94. The summed E-state index contributed by atoms with van der Waals surface area (Å²) in [6, 6.07) is 3.60. The zero-order chi connectivity index (χ0) is 13.8. The minimum absolute atomic E-state index is 0.251. The summed E-state index contributed by atoms with van der Waals surface area (Å²) >= 11 is 4.92. The Bertz CT molecular complexity index is 543.